The quantitative estimate of drug-likeness (QED) is 0.730. The van der Waals surface area contributed by atoms with Crippen molar-refractivity contribution in [2.75, 3.05) is 13.2 Å². The van der Waals surface area contributed by atoms with E-state index < -0.39 is 41.4 Å². The average Bonchev–Trinajstić information content (AvgIpc) is 2.47. The summed E-state index contributed by atoms with van der Waals surface area (Å²) in [7, 11) is 0. The molecule has 0 saturated heterocycles. The summed E-state index contributed by atoms with van der Waals surface area (Å²) in [5.41, 5.74) is -3.00. The fraction of sp³-hybridized carbons (Fsp3) is 0.467. The first-order chi connectivity index (χ1) is 10.1. The van der Waals surface area contributed by atoms with E-state index in [1.165, 1.54) is 0 Å². The summed E-state index contributed by atoms with van der Waals surface area (Å²) in [5, 5.41) is 0. The second kappa shape index (κ2) is 7.29. The van der Waals surface area contributed by atoms with Crippen molar-refractivity contribution in [3.63, 3.8) is 0 Å². The van der Waals surface area contributed by atoms with Crippen LogP contribution in [0.5, 0.6) is 0 Å². The third-order valence-corrected chi connectivity index (χ3v) is 3.02. The molecule has 1 aliphatic rings. The number of esters is 2. The van der Waals surface area contributed by atoms with E-state index in [1.54, 1.807) is 0 Å². The Balaban J connectivity index is 3.07. The van der Waals surface area contributed by atoms with E-state index in [9.17, 15) is 22.8 Å². The molecule has 1 aliphatic carbocycles. The van der Waals surface area contributed by atoms with Gasteiger partial charge in [-0.15, -0.1) is 0 Å². The summed E-state index contributed by atoms with van der Waals surface area (Å²) in [4.78, 5) is 21.4. The highest BCUT2D eigenvalue weighted by Gasteiger charge is 2.33. The van der Waals surface area contributed by atoms with E-state index in [0.717, 1.165) is 32.9 Å². The molecule has 1 unspecified atom stereocenters. The highest BCUT2D eigenvalue weighted by Crippen LogP contribution is 2.37. The molecule has 0 radical (unpaired) electrons. The highest BCUT2D eigenvalue weighted by atomic mass is 19.2. The normalized spacial score (nSPS) is 21.7. The van der Waals surface area contributed by atoms with Crippen molar-refractivity contribution in [1.29, 1.82) is 0 Å². The van der Waals surface area contributed by atoms with Crippen molar-refractivity contribution in [3.05, 3.63) is 35.0 Å². The summed E-state index contributed by atoms with van der Waals surface area (Å²) >= 11 is 0. The maximum atomic E-state index is 14.5. The molecule has 0 heterocycles. The summed E-state index contributed by atoms with van der Waals surface area (Å²) in [6.45, 7) is 2.57. The molecule has 0 spiro atoms. The van der Waals surface area contributed by atoms with Gasteiger partial charge in [0.25, 0.3) is 0 Å². The lowest BCUT2D eigenvalue weighted by atomic mass is 9.94. The van der Waals surface area contributed by atoms with Crippen molar-refractivity contribution in [3.8, 4) is 0 Å². The first-order valence-electron chi connectivity index (χ1n) is 6.58. The lowest BCUT2D eigenvalue weighted by Crippen LogP contribution is -2.20. The predicted molar refractivity (Wildman–Crippen MR) is 72.8 cm³/mol. The minimum atomic E-state index is -2.25. The van der Waals surface area contributed by atoms with Crippen molar-refractivity contribution in [2.24, 2.45) is 0 Å². The molecule has 1 atom stereocenters. The van der Waals surface area contributed by atoms with Crippen LogP contribution in [0.15, 0.2) is 35.0 Å². The fourth-order valence-corrected chi connectivity index (χ4v) is 1.86. The van der Waals surface area contributed by atoms with Gasteiger partial charge >= 0.3 is 11.9 Å². The van der Waals surface area contributed by atoms with Gasteiger partial charge in [0.2, 0.25) is 0 Å². The Morgan fingerprint density at radius 2 is 1.73 bits per heavy atom. The summed E-state index contributed by atoms with van der Waals surface area (Å²) < 4.78 is 52.0. The maximum Gasteiger partial charge on any atom is 0.302 e. The van der Waals surface area contributed by atoms with Crippen LogP contribution in [-0.2, 0) is 19.1 Å². The monoisotopic (exact) mass is 318 g/mol. The van der Waals surface area contributed by atoms with Crippen molar-refractivity contribution >= 4 is 11.9 Å². The number of hydrogen-bond donors (Lipinski definition) is 0. The summed E-state index contributed by atoms with van der Waals surface area (Å²) in [6.07, 6.45) is 1.72. The molecular weight excluding hydrogens is 301 g/mol. The van der Waals surface area contributed by atoms with Crippen LogP contribution in [0.3, 0.4) is 0 Å². The molecule has 0 bridgehead atoms. The largest absolute Gasteiger partial charge is 0.466 e. The highest BCUT2D eigenvalue weighted by molar-refractivity contribution is 5.66. The lowest BCUT2D eigenvalue weighted by molar-refractivity contribution is -0.141. The molecule has 0 amide bonds. The molecule has 0 fully saturated rings. The van der Waals surface area contributed by atoms with Gasteiger partial charge in [0.05, 0.1) is 6.61 Å². The zero-order chi connectivity index (χ0) is 16.9. The van der Waals surface area contributed by atoms with Crippen molar-refractivity contribution < 1.29 is 32.2 Å². The number of carbonyl (C=O) groups excluding carboxylic acids is 2. The van der Waals surface area contributed by atoms with E-state index >= 15 is 0 Å². The minimum Gasteiger partial charge on any atom is -0.466 e. The molecule has 122 valence electrons. The molecule has 7 heteroatoms. The second-order valence-corrected chi connectivity index (χ2v) is 4.91. The molecule has 4 nitrogen and oxygen atoms in total. The van der Waals surface area contributed by atoms with Gasteiger partial charge in [-0.1, -0.05) is 6.08 Å². The molecule has 0 aliphatic heterocycles. The Morgan fingerprint density at radius 3 is 2.27 bits per heavy atom. The van der Waals surface area contributed by atoms with Crippen molar-refractivity contribution in [1.82, 2.24) is 0 Å². The number of carbonyl (C=O) groups is 2. The van der Waals surface area contributed by atoms with Gasteiger partial charge in [0, 0.05) is 31.4 Å². The number of hydrogen-bond acceptors (Lipinski definition) is 4. The smallest absolute Gasteiger partial charge is 0.302 e. The number of alkyl halides is 1. The number of rotatable bonds is 5. The van der Waals surface area contributed by atoms with Gasteiger partial charge in [-0.05, 0) is 13.0 Å². The maximum absolute atomic E-state index is 14.5. The standard InChI is InChI=1S/C15H17F3O4/c1-9(19)21-7-5-12-14(17)13(16)11(8-22-10(2)20)4-6-15(12,3)18/h4,6H,5,7-8H2,1-3H3. The molecule has 1 rings (SSSR count). The van der Waals surface area contributed by atoms with Gasteiger partial charge in [-0.3, -0.25) is 9.59 Å². The van der Waals surface area contributed by atoms with E-state index in [-0.39, 0.29) is 18.6 Å². The van der Waals surface area contributed by atoms with E-state index in [2.05, 4.69) is 9.47 Å². The number of halogens is 3. The van der Waals surface area contributed by atoms with Gasteiger partial charge < -0.3 is 9.47 Å². The first kappa shape index (κ1) is 18.0. The topological polar surface area (TPSA) is 52.6 Å². The van der Waals surface area contributed by atoms with Crippen LogP contribution in [0.2, 0.25) is 0 Å². The van der Waals surface area contributed by atoms with Crippen LogP contribution in [0.4, 0.5) is 13.2 Å². The second-order valence-electron chi connectivity index (χ2n) is 4.91. The zero-order valence-corrected chi connectivity index (χ0v) is 12.5. The van der Waals surface area contributed by atoms with Crippen LogP contribution in [0.1, 0.15) is 27.2 Å². The van der Waals surface area contributed by atoms with Crippen LogP contribution < -0.4 is 0 Å². The average molecular weight is 318 g/mol. The fourth-order valence-electron chi connectivity index (χ4n) is 1.86. The Labute approximate surface area is 126 Å². The third kappa shape index (κ3) is 4.75. The zero-order valence-electron chi connectivity index (χ0n) is 12.5. The van der Waals surface area contributed by atoms with Crippen LogP contribution in [0.25, 0.3) is 0 Å². The van der Waals surface area contributed by atoms with E-state index in [4.69, 9.17) is 0 Å². The molecule has 0 saturated carbocycles. The molecular formula is C15H17F3O4. The SMILES string of the molecule is CC(=O)OCCC1=C(F)C(F)=C(COC(C)=O)C=CC1(C)F. The van der Waals surface area contributed by atoms with E-state index in [1.807, 2.05) is 0 Å². The molecule has 0 aromatic carbocycles. The molecule has 0 aromatic heterocycles. The van der Waals surface area contributed by atoms with Crippen LogP contribution in [-0.4, -0.2) is 30.8 Å². The Kier molecular flexibility index (Phi) is 5.96. The van der Waals surface area contributed by atoms with Gasteiger partial charge in [0.15, 0.2) is 17.3 Å². The Bertz CT molecular complexity index is 559. The van der Waals surface area contributed by atoms with Crippen LogP contribution >= 0.6 is 0 Å². The van der Waals surface area contributed by atoms with Gasteiger partial charge in [-0.2, -0.15) is 0 Å². The Hall–Kier alpha value is -2.05. The van der Waals surface area contributed by atoms with Gasteiger partial charge in [0.1, 0.15) is 6.61 Å². The third-order valence-electron chi connectivity index (χ3n) is 3.02. The molecule has 0 N–H and O–H groups in total. The van der Waals surface area contributed by atoms with Gasteiger partial charge in [-0.25, -0.2) is 13.2 Å². The van der Waals surface area contributed by atoms with E-state index in [0.29, 0.717) is 0 Å². The Morgan fingerprint density at radius 1 is 1.14 bits per heavy atom. The molecule has 22 heavy (non-hydrogen) atoms. The number of allylic oxidation sites excluding steroid dienone is 3. The summed E-state index contributed by atoms with van der Waals surface area (Å²) in [6, 6.07) is 0. The van der Waals surface area contributed by atoms with Crippen LogP contribution in [0, 0.1) is 0 Å². The van der Waals surface area contributed by atoms with Crippen molar-refractivity contribution in [2.45, 2.75) is 32.9 Å². The lowest BCUT2D eigenvalue weighted by Gasteiger charge is -2.19. The first-order valence-corrected chi connectivity index (χ1v) is 6.58. The predicted octanol–water partition coefficient (Wildman–Crippen LogP) is 3.25. The summed E-state index contributed by atoms with van der Waals surface area (Å²) in [5.74, 6) is -3.93. The number of ether oxygens (including phenoxy) is 2. The minimum absolute atomic E-state index is 0.266. The molecule has 0 aromatic rings.